The zero-order chi connectivity index (χ0) is 19.2. The highest BCUT2D eigenvalue weighted by Gasteiger charge is 2.34. The summed E-state index contributed by atoms with van der Waals surface area (Å²) in [6, 6.07) is 21.2. The van der Waals surface area contributed by atoms with Gasteiger partial charge in [0, 0.05) is 39.3 Å². The van der Waals surface area contributed by atoms with E-state index in [9.17, 15) is 4.79 Å². The predicted molar refractivity (Wildman–Crippen MR) is 113 cm³/mol. The number of carbonyl (C=O) groups is 1. The monoisotopic (exact) mass is 377 g/mol. The van der Waals surface area contributed by atoms with Crippen LogP contribution in [-0.4, -0.2) is 59.4 Å². The quantitative estimate of drug-likeness (QED) is 0.799. The summed E-state index contributed by atoms with van der Waals surface area (Å²) in [5, 5.41) is 0. The van der Waals surface area contributed by atoms with Crippen LogP contribution in [0.15, 0.2) is 60.7 Å². The topological polar surface area (TPSA) is 26.8 Å². The van der Waals surface area contributed by atoms with Crippen molar-refractivity contribution in [2.24, 2.45) is 0 Å². The summed E-state index contributed by atoms with van der Waals surface area (Å²) in [7, 11) is 0. The van der Waals surface area contributed by atoms with Gasteiger partial charge >= 0.3 is 0 Å². The molecule has 1 unspecified atom stereocenters. The molecule has 4 heteroatoms. The molecule has 0 N–H and O–H groups in total. The second-order valence-corrected chi connectivity index (χ2v) is 8.05. The Hall–Kier alpha value is -2.17. The van der Waals surface area contributed by atoms with Gasteiger partial charge in [0.2, 0.25) is 5.91 Å². The summed E-state index contributed by atoms with van der Waals surface area (Å²) in [6.07, 6.45) is 3.18. The van der Waals surface area contributed by atoms with Crippen molar-refractivity contribution >= 4 is 5.91 Å². The van der Waals surface area contributed by atoms with E-state index in [1.165, 1.54) is 11.1 Å². The lowest BCUT2D eigenvalue weighted by atomic mass is 10.1. The fraction of sp³-hybridized carbons (Fsp3) is 0.458. The average molecular weight is 378 g/mol. The number of hydrogen-bond donors (Lipinski definition) is 0. The zero-order valence-electron chi connectivity index (χ0n) is 16.7. The summed E-state index contributed by atoms with van der Waals surface area (Å²) in [6.45, 7) is 6.65. The summed E-state index contributed by atoms with van der Waals surface area (Å²) in [5.74, 6) is 0.343. The van der Waals surface area contributed by atoms with Crippen LogP contribution in [0.25, 0.3) is 0 Å². The first kappa shape index (κ1) is 19.2. The van der Waals surface area contributed by atoms with Crippen LogP contribution in [0.4, 0.5) is 0 Å². The summed E-state index contributed by atoms with van der Waals surface area (Å²) >= 11 is 0. The molecular formula is C24H31N3O. The smallest absolute Gasteiger partial charge is 0.239 e. The molecule has 2 aliphatic rings. The van der Waals surface area contributed by atoms with E-state index in [-0.39, 0.29) is 6.04 Å². The van der Waals surface area contributed by atoms with E-state index in [1.807, 2.05) is 0 Å². The van der Waals surface area contributed by atoms with E-state index in [2.05, 4.69) is 75.4 Å². The summed E-state index contributed by atoms with van der Waals surface area (Å²) < 4.78 is 0. The third kappa shape index (κ3) is 4.81. The molecule has 28 heavy (non-hydrogen) atoms. The van der Waals surface area contributed by atoms with Crippen molar-refractivity contribution in [3.05, 3.63) is 71.8 Å². The summed E-state index contributed by atoms with van der Waals surface area (Å²) in [4.78, 5) is 20.3. The number of rotatable bonds is 5. The van der Waals surface area contributed by atoms with Crippen LogP contribution in [0.5, 0.6) is 0 Å². The maximum absolute atomic E-state index is 13.3. The molecular weight excluding hydrogens is 346 g/mol. The Morgan fingerprint density at radius 3 is 2.14 bits per heavy atom. The molecule has 1 amide bonds. The normalized spacial score (nSPS) is 21.6. The zero-order valence-corrected chi connectivity index (χ0v) is 16.7. The molecule has 2 aromatic rings. The van der Waals surface area contributed by atoms with E-state index in [1.54, 1.807) is 0 Å². The largest absolute Gasteiger partial charge is 0.340 e. The van der Waals surface area contributed by atoms with Crippen LogP contribution >= 0.6 is 0 Å². The molecule has 2 aromatic carbocycles. The van der Waals surface area contributed by atoms with Gasteiger partial charge in [-0.3, -0.25) is 14.6 Å². The van der Waals surface area contributed by atoms with Crippen molar-refractivity contribution in [1.82, 2.24) is 14.7 Å². The van der Waals surface area contributed by atoms with Gasteiger partial charge in [0.15, 0.2) is 0 Å². The Balaban J connectivity index is 1.34. The maximum Gasteiger partial charge on any atom is 0.239 e. The van der Waals surface area contributed by atoms with Gasteiger partial charge in [-0.15, -0.1) is 0 Å². The minimum absolute atomic E-state index is 0.0564. The van der Waals surface area contributed by atoms with Gasteiger partial charge < -0.3 is 4.90 Å². The van der Waals surface area contributed by atoms with Crippen molar-refractivity contribution < 1.29 is 4.79 Å². The highest BCUT2D eigenvalue weighted by molar-refractivity contribution is 5.82. The molecule has 0 aromatic heterocycles. The standard InChI is InChI=1S/C24H31N3O/c28-24(23-13-7-15-27(23)20-22-11-5-2-6-12-22)26-16-8-14-25(17-18-26)19-21-9-3-1-4-10-21/h1-6,9-12,23H,7-8,13-20H2. The number of carbonyl (C=O) groups excluding carboxylic acids is 1. The lowest BCUT2D eigenvalue weighted by Crippen LogP contribution is -2.46. The van der Waals surface area contributed by atoms with Crippen LogP contribution in [0, 0.1) is 0 Å². The first-order chi connectivity index (χ1) is 13.8. The highest BCUT2D eigenvalue weighted by atomic mass is 16.2. The minimum atomic E-state index is 0.0564. The predicted octanol–water partition coefficient (Wildman–Crippen LogP) is 3.39. The Morgan fingerprint density at radius 1 is 0.750 bits per heavy atom. The summed E-state index contributed by atoms with van der Waals surface area (Å²) in [5.41, 5.74) is 2.65. The lowest BCUT2D eigenvalue weighted by molar-refractivity contribution is -0.136. The number of likely N-dealkylation sites (tertiary alicyclic amines) is 1. The highest BCUT2D eigenvalue weighted by Crippen LogP contribution is 2.22. The molecule has 0 spiro atoms. The number of benzene rings is 2. The first-order valence-corrected chi connectivity index (χ1v) is 10.6. The van der Waals surface area contributed by atoms with Crippen LogP contribution in [-0.2, 0) is 17.9 Å². The van der Waals surface area contributed by atoms with Crippen molar-refractivity contribution in [2.45, 2.75) is 38.4 Å². The molecule has 148 valence electrons. The Morgan fingerprint density at radius 2 is 1.43 bits per heavy atom. The molecule has 4 nitrogen and oxygen atoms in total. The van der Waals surface area contributed by atoms with Crippen LogP contribution < -0.4 is 0 Å². The molecule has 2 fully saturated rings. The van der Waals surface area contributed by atoms with E-state index in [0.29, 0.717) is 5.91 Å². The molecule has 0 saturated carbocycles. The molecule has 0 radical (unpaired) electrons. The fourth-order valence-electron chi connectivity index (χ4n) is 4.51. The van der Waals surface area contributed by atoms with Crippen molar-refractivity contribution in [2.75, 3.05) is 32.7 Å². The van der Waals surface area contributed by atoms with Gasteiger partial charge in [-0.05, 0) is 36.9 Å². The van der Waals surface area contributed by atoms with E-state index in [4.69, 9.17) is 0 Å². The van der Waals surface area contributed by atoms with Gasteiger partial charge in [0.1, 0.15) is 0 Å². The molecule has 4 rings (SSSR count). The Bertz CT molecular complexity index is 749. The Labute approximate surface area is 168 Å². The third-order valence-electron chi connectivity index (χ3n) is 6.03. The van der Waals surface area contributed by atoms with Crippen LogP contribution in [0.2, 0.25) is 0 Å². The molecule has 2 saturated heterocycles. The minimum Gasteiger partial charge on any atom is -0.340 e. The van der Waals surface area contributed by atoms with Gasteiger partial charge in [-0.1, -0.05) is 60.7 Å². The first-order valence-electron chi connectivity index (χ1n) is 10.6. The molecule has 0 aliphatic carbocycles. The number of hydrogen-bond acceptors (Lipinski definition) is 3. The number of amides is 1. The molecule has 1 atom stereocenters. The van der Waals surface area contributed by atoms with E-state index < -0.39 is 0 Å². The van der Waals surface area contributed by atoms with Gasteiger partial charge in [-0.2, -0.15) is 0 Å². The van der Waals surface area contributed by atoms with Crippen molar-refractivity contribution in [3.8, 4) is 0 Å². The van der Waals surface area contributed by atoms with E-state index >= 15 is 0 Å². The van der Waals surface area contributed by atoms with Crippen molar-refractivity contribution in [1.29, 1.82) is 0 Å². The molecule has 2 heterocycles. The average Bonchev–Trinajstić information content (AvgIpc) is 3.06. The van der Waals surface area contributed by atoms with Gasteiger partial charge in [-0.25, -0.2) is 0 Å². The number of nitrogens with zero attached hydrogens (tertiary/aromatic N) is 3. The molecule has 2 aliphatic heterocycles. The lowest BCUT2D eigenvalue weighted by Gasteiger charge is -2.29. The molecule has 0 bridgehead atoms. The SMILES string of the molecule is O=C(C1CCCN1Cc1ccccc1)N1CCCN(Cc2ccccc2)CC1. The van der Waals surface area contributed by atoms with E-state index in [0.717, 1.165) is 65.1 Å². The van der Waals surface area contributed by atoms with Crippen LogP contribution in [0.3, 0.4) is 0 Å². The second kappa shape index (κ2) is 9.35. The van der Waals surface area contributed by atoms with Crippen molar-refractivity contribution in [3.63, 3.8) is 0 Å². The Kier molecular flexibility index (Phi) is 6.40. The third-order valence-corrected chi connectivity index (χ3v) is 6.03. The van der Waals surface area contributed by atoms with Crippen LogP contribution in [0.1, 0.15) is 30.4 Å². The second-order valence-electron chi connectivity index (χ2n) is 8.05. The fourth-order valence-corrected chi connectivity index (χ4v) is 4.51. The van der Waals surface area contributed by atoms with Gasteiger partial charge in [0.25, 0.3) is 0 Å². The van der Waals surface area contributed by atoms with Gasteiger partial charge in [0.05, 0.1) is 6.04 Å². The maximum atomic E-state index is 13.3.